The Morgan fingerprint density at radius 2 is 1.84 bits per heavy atom. The highest BCUT2D eigenvalue weighted by molar-refractivity contribution is 5.80. The molecular formula is C23H26N4O4. The lowest BCUT2D eigenvalue weighted by Crippen LogP contribution is -2.31. The summed E-state index contributed by atoms with van der Waals surface area (Å²) in [6.45, 7) is 5.82. The number of hydrogen-bond acceptors (Lipinski definition) is 6. The van der Waals surface area contributed by atoms with Crippen LogP contribution < -0.4 is 10.3 Å². The molecule has 4 rings (SSSR count). The number of nitro groups is 1. The van der Waals surface area contributed by atoms with Gasteiger partial charge in [0.1, 0.15) is 11.6 Å². The van der Waals surface area contributed by atoms with E-state index in [0.717, 1.165) is 18.7 Å². The maximum atomic E-state index is 13.0. The minimum Gasteiger partial charge on any atom is -0.494 e. The fourth-order valence-electron chi connectivity index (χ4n) is 4.05. The van der Waals surface area contributed by atoms with Gasteiger partial charge in [0.25, 0.3) is 11.2 Å². The van der Waals surface area contributed by atoms with E-state index in [1.807, 2.05) is 12.1 Å². The van der Waals surface area contributed by atoms with Crippen LogP contribution >= 0.6 is 0 Å². The van der Waals surface area contributed by atoms with E-state index in [0.29, 0.717) is 23.6 Å². The molecule has 1 aromatic heterocycles. The maximum absolute atomic E-state index is 13.0. The summed E-state index contributed by atoms with van der Waals surface area (Å²) in [5.41, 5.74) is 0.624. The number of non-ortho nitro benzene ring substituents is 1. The van der Waals surface area contributed by atoms with Gasteiger partial charge in [0, 0.05) is 18.7 Å². The van der Waals surface area contributed by atoms with Gasteiger partial charge in [-0.25, -0.2) is 4.98 Å². The zero-order chi connectivity index (χ0) is 21.8. The molecule has 0 amide bonds. The highest BCUT2D eigenvalue weighted by Gasteiger charge is 2.14. The SMILES string of the molecule is Cc1nc2ccc([N+](=O)[O-])cc2c(=O)n1-c1ccc(OCCCN2CCCCC2)cc1. The van der Waals surface area contributed by atoms with Crippen molar-refractivity contribution in [2.24, 2.45) is 0 Å². The van der Waals surface area contributed by atoms with Crippen molar-refractivity contribution in [2.75, 3.05) is 26.2 Å². The molecule has 1 fully saturated rings. The highest BCUT2D eigenvalue weighted by Crippen LogP contribution is 2.20. The first-order valence-electron chi connectivity index (χ1n) is 10.7. The quantitative estimate of drug-likeness (QED) is 0.326. The van der Waals surface area contributed by atoms with E-state index in [4.69, 9.17) is 4.74 Å². The zero-order valence-electron chi connectivity index (χ0n) is 17.6. The largest absolute Gasteiger partial charge is 0.494 e. The number of aromatic nitrogens is 2. The third-order valence-corrected chi connectivity index (χ3v) is 5.66. The first-order valence-corrected chi connectivity index (χ1v) is 10.7. The Labute approximate surface area is 180 Å². The summed E-state index contributed by atoms with van der Waals surface area (Å²) in [5, 5.41) is 11.3. The van der Waals surface area contributed by atoms with Crippen LogP contribution in [0, 0.1) is 17.0 Å². The second-order valence-corrected chi connectivity index (χ2v) is 7.86. The molecule has 0 saturated carbocycles. The fourth-order valence-corrected chi connectivity index (χ4v) is 4.05. The van der Waals surface area contributed by atoms with Crippen LogP contribution in [0.3, 0.4) is 0 Å². The van der Waals surface area contributed by atoms with E-state index in [1.54, 1.807) is 19.1 Å². The molecule has 0 aliphatic carbocycles. The van der Waals surface area contributed by atoms with Crippen molar-refractivity contribution < 1.29 is 9.66 Å². The number of ether oxygens (including phenoxy) is 1. The molecule has 0 unspecified atom stereocenters. The summed E-state index contributed by atoms with van der Waals surface area (Å²) >= 11 is 0. The summed E-state index contributed by atoms with van der Waals surface area (Å²) in [4.78, 5) is 30.5. The van der Waals surface area contributed by atoms with Crippen molar-refractivity contribution in [3.05, 3.63) is 68.8 Å². The van der Waals surface area contributed by atoms with Crippen LogP contribution in [-0.4, -0.2) is 45.6 Å². The Balaban J connectivity index is 1.48. The molecule has 0 radical (unpaired) electrons. The number of fused-ring (bicyclic) bond motifs is 1. The molecule has 0 bridgehead atoms. The van der Waals surface area contributed by atoms with E-state index >= 15 is 0 Å². The fraction of sp³-hybridized carbons (Fsp3) is 0.391. The van der Waals surface area contributed by atoms with Gasteiger partial charge in [-0.3, -0.25) is 19.5 Å². The van der Waals surface area contributed by atoms with E-state index in [9.17, 15) is 14.9 Å². The van der Waals surface area contributed by atoms with Gasteiger partial charge < -0.3 is 9.64 Å². The minimum atomic E-state index is -0.513. The van der Waals surface area contributed by atoms with Crippen LogP contribution in [-0.2, 0) is 0 Å². The van der Waals surface area contributed by atoms with Crippen LogP contribution in [0.4, 0.5) is 5.69 Å². The van der Waals surface area contributed by atoms with Crippen LogP contribution in [0.2, 0.25) is 0 Å². The molecule has 162 valence electrons. The van der Waals surface area contributed by atoms with Crippen LogP contribution in [0.1, 0.15) is 31.5 Å². The minimum absolute atomic E-state index is 0.130. The van der Waals surface area contributed by atoms with Crippen molar-refractivity contribution in [1.29, 1.82) is 0 Å². The van der Waals surface area contributed by atoms with Crippen LogP contribution in [0.15, 0.2) is 47.3 Å². The van der Waals surface area contributed by atoms with Crippen molar-refractivity contribution >= 4 is 16.6 Å². The standard InChI is InChI=1S/C23H26N4O4/c1-17-24-22-11-8-19(27(29)30)16-21(22)23(28)26(17)18-6-9-20(10-7-18)31-15-5-14-25-12-3-2-4-13-25/h6-11,16H,2-5,12-15H2,1H3. The van der Waals surface area contributed by atoms with Gasteiger partial charge in [-0.1, -0.05) is 6.42 Å². The number of likely N-dealkylation sites (tertiary alicyclic amines) is 1. The lowest BCUT2D eigenvalue weighted by atomic mass is 10.1. The molecule has 0 spiro atoms. The Bertz CT molecular complexity index is 1130. The molecule has 0 atom stereocenters. The van der Waals surface area contributed by atoms with Gasteiger partial charge in [0.2, 0.25) is 0 Å². The number of piperidine rings is 1. The first-order chi connectivity index (χ1) is 15.0. The number of nitrogens with zero attached hydrogens (tertiary/aromatic N) is 4. The molecule has 8 heteroatoms. The van der Waals surface area contributed by atoms with E-state index in [-0.39, 0.29) is 16.6 Å². The smallest absolute Gasteiger partial charge is 0.270 e. The molecule has 2 heterocycles. The molecule has 8 nitrogen and oxygen atoms in total. The van der Waals surface area contributed by atoms with Gasteiger partial charge in [0.05, 0.1) is 28.1 Å². The molecule has 1 saturated heterocycles. The predicted molar refractivity (Wildman–Crippen MR) is 119 cm³/mol. The Hall–Kier alpha value is -3.26. The second-order valence-electron chi connectivity index (χ2n) is 7.86. The first kappa shape index (κ1) is 21.0. The normalized spacial score (nSPS) is 14.6. The van der Waals surface area contributed by atoms with E-state index < -0.39 is 4.92 Å². The van der Waals surface area contributed by atoms with E-state index in [2.05, 4.69) is 9.88 Å². The molecule has 1 aliphatic rings. The van der Waals surface area contributed by atoms with Gasteiger partial charge in [-0.15, -0.1) is 0 Å². The molecule has 0 N–H and O–H groups in total. The third-order valence-electron chi connectivity index (χ3n) is 5.66. The zero-order valence-corrected chi connectivity index (χ0v) is 17.6. The van der Waals surface area contributed by atoms with Gasteiger partial charge in [-0.2, -0.15) is 0 Å². The van der Waals surface area contributed by atoms with Gasteiger partial charge >= 0.3 is 0 Å². The van der Waals surface area contributed by atoms with Crippen molar-refractivity contribution in [3.8, 4) is 11.4 Å². The second kappa shape index (κ2) is 9.26. The summed E-state index contributed by atoms with van der Waals surface area (Å²) < 4.78 is 7.32. The summed E-state index contributed by atoms with van der Waals surface area (Å²) in [5.74, 6) is 1.26. The molecular weight excluding hydrogens is 396 g/mol. The Morgan fingerprint density at radius 3 is 2.55 bits per heavy atom. The van der Waals surface area contributed by atoms with E-state index in [1.165, 1.54) is 55.1 Å². The lowest BCUT2D eigenvalue weighted by Gasteiger charge is -2.26. The van der Waals surface area contributed by atoms with Crippen molar-refractivity contribution in [2.45, 2.75) is 32.6 Å². The van der Waals surface area contributed by atoms with Crippen molar-refractivity contribution in [3.63, 3.8) is 0 Å². The van der Waals surface area contributed by atoms with Gasteiger partial charge in [0.15, 0.2) is 0 Å². The van der Waals surface area contributed by atoms with Crippen LogP contribution in [0.5, 0.6) is 5.75 Å². The number of hydrogen-bond donors (Lipinski definition) is 0. The number of aryl methyl sites for hydroxylation is 1. The number of rotatable bonds is 7. The molecule has 2 aromatic carbocycles. The topological polar surface area (TPSA) is 90.5 Å². The van der Waals surface area contributed by atoms with Crippen molar-refractivity contribution in [1.82, 2.24) is 14.5 Å². The summed E-state index contributed by atoms with van der Waals surface area (Å²) in [7, 11) is 0. The summed E-state index contributed by atoms with van der Waals surface area (Å²) in [6.07, 6.45) is 4.90. The Morgan fingerprint density at radius 1 is 1.10 bits per heavy atom. The number of benzene rings is 2. The Kier molecular flexibility index (Phi) is 6.27. The highest BCUT2D eigenvalue weighted by atomic mass is 16.6. The predicted octanol–water partition coefficient (Wildman–Crippen LogP) is 3.86. The molecule has 3 aromatic rings. The maximum Gasteiger partial charge on any atom is 0.270 e. The monoisotopic (exact) mass is 422 g/mol. The van der Waals surface area contributed by atoms with Crippen LogP contribution in [0.25, 0.3) is 16.6 Å². The average Bonchev–Trinajstić information content (AvgIpc) is 2.78. The molecule has 31 heavy (non-hydrogen) atoms. The summed E-state index contributed by atoms with van der Waals surface area (Å²) in [6, 6.07) is 11.4. The lowest BCUT2D eigenvalue weighted by molar-refractivity contribution is -0.384. The third kappa shape index (κ3) is 4.74. The van der Waals surface area contributed by atoms with Gasteiger partial charge in [-0.05, 0) is 69.6 Å². The average molecular weight is 422 g/mol. The molecule has 1 aliphatic heterocycles. The number of nitro benzene ring substituents is 1.